The van der Waals surface area contributed by atoms with E-state index >= 15 is 0 Å². The molecule has 2 heterocycles. The van der Waals surface area contributed by atoms with E-state index in [0.717, 1.165) is 62.4 Å². The zero-order valence-electron chi connectivity index (χ0n) is 11.4. The van der Waals surface area contributed by atoms with E-state index in [1.165, 1.54) is 11.1 Å². The van der Waals surface area contributed by atoms with Gasteiger partial charge in [0.2, 0.25) is 0 Å². The smallest absolute Gasteiger partial charge is 0.127 e. The lowest BCUT2D eigenvalue weighted by Gasteiger charge is -2.29. The number of hydrogen-bond donors (Lipinski definition) is 0. The zero-order valence-corrected chi connectivity index (χ0v) is 11.4. The summed E-state index contributed by atoms with van der Waals surface area (Å²) in [5.41, 5.74) is 3.54. The first-order valence-electron chi connectivity index (χ1n) is 7.19. The third kappa shape index (κ3) is 2.06. The maximum atomic E-state index is 9.44. The molecule has 0 N–H and O–H groups in total. The van der Waals surface area contributed by atoms with Crippen molar-refractivity contribution in [2.75, 3.05) is 13.2 Å². The lowest BCUT2D eigenvalue weighted by Crippen LogP contribution is -2.18. The molecule has 2 aliphatic rings. The normalized spacial score (nSPS) is 18.3. The van der Waals surface area contributed by atoms with Crippen LogP contribution in [0.25, 0.3) is 0 Å². The molecule has 0 saturated carbocycles. The molecule has 1 unspecified atom stereocenters. The van der Waals surface area contributed by atoms with Crippen molar-refractivity contribution in [1.82, 2.24) is 0 Å². The van der Waals surface area contributed by atoms with Gasteiger partial charge in [0, 0.05) is 11.1 Å². The van der Waals surface area contributed by atoms with E-state index in [2.05, 4.69) is 19.1 Å². The van der Waals surface area contributed by atoms with E-state index in [9.17, 15) is 5.26 Å². The van der Waals surface area contributed by atoms with Crippen LogP contribution in [0, 0.1) is 11.3 Å². The van der Waals surface area contributed by atoms with Crippen molar-refractivity contribution in [2.24, 2.45) is 0 Å². The van der Waals surface area contributed by atoms with Gasteiger partial charge >= 0.3 is 0 Å². The fourth-order valence-corrected chi connectivity index (χ4v) is 3.09. The van der Waals surface area contributed by atoms with Crippen molar-refractivity contribution >= 4 is 0 Å². The number of aryl methyl sites for hydroxylation is 1. The Labute approximate surface area is 114 Å². The highest BCUT2D eigenvalue weighted by molar-refractivity contribution is 5.57. The molecule has 1 atom stereocenters. The van der Waals surface area contributed by atoms with E-state index in [1.54, 1.807) is 0 Å². The average Bonchev–Trinajstić information content (AvgIpc) is 2.47. The van der Waals surface area contributed by atoms with E-state index < -0.39 is 0 Å². The molecule has 0 bridgehead atoms. The molecule has 1 aromatic rings. The second-order valence-corrected chi connectivity index (χ2v) is 5.25. The lowest BCUT2D eigenvalue weighted by atomic mass is 9.85. The van der Waals surface area contributed by atoms with Gasteiger partial charge in [0.15, 0.2) is 0 Å². The predicted octanol–water partition coefficient (Wildman–Crippen LogP) is 3.35. The third-order valence-corrected chi connectivity index (χ3v) is 4.04. The summed E-state index contributed by atoms with van der Waals surface area (Å²) in [6, 6.07) is 4.57. The second-order valence-electron chi connectivity index (χ2n) is 5.25. The molecule has 0 aromatic heterocycles. The highest BCUT2D eigenvalue weighted by atomic mass is 16.5. The Hall–Kier alpha value is -1.69. The molecule has 19 heavy (non-hydrogen) atoms. The van der Waals surface area contributed by atoms with E-state index in [1.807, 2.05) is 0 Å². The van der Waals surface area contributed by atoms with Gasteiger partial charge < -0.3 is 9.47 Å². The quantitative estimate of drug-likeness (QED) is 0.816. The van der Waals surface area contributed by atoms with Crippen molar-refractivity contribution in [3.05, 3.63) is 22.8 Å². The standard InChI is InChI=1S/C16H19NO2/c1-2-11(10-17)15-13-6-4-7-18-14(13)9-12-5-3-8-19-16(12)15/h9,11H,2-8H2,1H3. The Bertz CT molecular complexity index is 496. The molecule has 3 heteroatoms. The monoisotopic (exact) mass is 257 g/mol. The lowest BCUT2D eigenvalue weighted by molar-refractivity contribution is 0.268. The van der Waals surface area contributed by atoms with Crippen LogP contribution in [0.2, 0.25) is 0 Å². The van der Waals surface area contributed by atoms with Gasteiger partial charge in [0.05, 0.1) is 25.2 Å². The molecule has 2 aliphatic heterocycles. The van der Waals surface area contributed by atoms with Crippen LogP contribution in [0.15, 0.2) is 6.07 Å². The molecule has 0 saturated heterocycles. The molecular weight excluding hydrogens is 238 g/mol. The molecular formula is C16H19NO2. The average molecular weight is 257 g/mol. The van der Waals surface area contributed by atoms with Crippen molar-refractivity contribution < 1.29 is 9.47 Å². The molecule has 0 fully saturated rings. The third-order valence-electron chi connectivity index (χ3n) is 4.04. The van der Waals surface area contributed by atoms with Crippen LogP contribution in [-0.4, -0.2) is 13.2 Å². The summed E-state index contributed by atoms with van der Waals surface area (Å²) in [5, 5.41) is 9.44. The van der Waals surface area contributed by atoms with E-state index in [4.69, 9.17) is 9.47 Å². The molecule has 1 aromatic carbocycles. The predicted molar refractivity (Wildman–Crippen MR) is 72.7 cm³/mol. The first-order chi connectivity index (χ1) is 9.35. The Kier molecular flexibility index (Phi) is 3.33. The van der Waals surface area contributed by atoms with Gasteiger partial charge in [-0.15, -0.1) is 0 Å². The summed E-state index contributed by atoms with van der Waals surface area (Å²) in [6.45, 7) is 3.61. The Morgan fingerprint density at radius 3 is 2.84 bits per heavy atom. The van der Waals surface area contributed by atoms with Gasteiger partial charge in [-0.3, -0.25) is 0 Å². The fourth-order valence-electron chi connectivity index (χ4n) is 3.09. The molecule has 3 nitrogen and oxygen atoms in total. The summed E-state index contributed by atoms with van der Waals surface area (Å²) < 4.78 is 11.7. The highest BCUT2D eigenvalue weighted by Gasteiger charge is 2.28. The maximum absolute atomic E-state index is 9.44. The van der Waals surface area contributed by atoms with Crippen LogP contribution in [-0.2, 0) is 12.8 Å². The van der Waals surface area contributed by atoms with Crippen LogP contribution in [0.3, 0.4) is 0 Å². The van der Waals surface area contributed by atoms with Crippen molar-refractivity contribution in [3.63, 3.8) is 0 Å². The van der Waals surface area contributed by atoms with Crippen molar-refractivity contribution in [3.8, 4) is 17.6 Å². The van der Waals surface area contributed by atoms with Gasteiger partial charge in [-0.25, -0.2) is 0 Å². The second kappa shape index (κ2) is 5.13. The fraction of sp³-hybridized carbons (Fsp3) is 0.562. The van der Waals surface area contributed by atoms with Gasteiger partial charge in [-0.2, -0.15) is 5.26 Å². The van der Waals surface area contributed by atoms with Gasteiger partial charge in [-0.1, -0.05) is 6.92 Å². The minimum Gasteiger partial charge on any atom is -0.493 e. The Morgan fingerprint density at radius 1 is 1.26 bits per heavy atom. The number of nitrogens with zero attached hydrogens (tertiary/aromatic N) is 1. The summed E-state index contributed by atoms with van der Waals surface area (Å²) in [4.78, 5) is 0. The van der Waals surface area contributed by atoms with Crippen LogP contribution in [0.5, 0.6) is 11.5 Å². The SMILES string of the molecule is CCC(C#N)c1c2c(cc3c1OCCC3)OCCC2. The number of nitriles is 1. The van der Waals surface area contributed by atoms with Gasteiger partial charge in [0.25, 0.3) is 0 Å². The van der Waals surface area contributed by atoms with Crippen molar-refractivity contribution in [1.29, 1.82) is 5.26 Å². The number of fused-ring (bicyclic) bond motifs is 2. The van der Waals surface area contributed by atoms with E-state index in [-0.39, 0.29) is 5.92 Å². The molecule has 100 valence electrons. The Balaban J connectivity index is 2.20. The highest BCUT2D eigenvalue weighted by Crippen LogP contribution is 2.43. The van der Waals surface area contributed by atoms with Gasteiger partial charge in [-0.05, 0) is 43.7 Å². The number of hydrogen-bond acceptors (Lipinski definition) is 3. The minimum absolute atomic E-state index is 0.0801. The number of rotatable bonds is 2. The summed E-state index contributed by atoms with van der Waals surface area (Å²) in [7, 11) is 0. The van der Waals surface area contributed by atoms with Gasteiger partial charge in [0.1, 0.15) is 11.5 Å². The van der Waals surface area contributed by atoms with E-state index in [0.29, 0.717) is 0 Å². The minimum atomic E-state index is -0.0801. The van der Waals surface area contributed by atoms with Crippen LogP contribution in [0.4, 0.5) is 0 Å². The molecule has 0 radical (unpaired) electrons. The van der Waals surface area contributed by atoms with Crippen LogP contribution in [0.1, 0.15) is 48.8 Å². The van der Waals surface area contributed by atoms with Crippen molar-refractivity contribution in [2.45, 2.75) is 44.9 Å². The number of benzene rings is 1. The number of ether oxygens (including phenoxy) is 2. The Morgan fingerprint density at radius 2 is 2.05 bits per heavy atom. The van der Waals surface area contributed by atoms with Crippen LogP contribution < -0.4 is 9.47 Å². The van der Waals surface area contributed by atoms with Crippen LogP contribution >= 0.6 is 0 Å². The molecule has 0 amide bonds. The topological polar surface area (TPSA) is 42.2 Å². The molecule has 3 rings (SSSR count). The summed E-state index contributed by atoms with van der Waals surface area (Å²) in [5.74, 6) is 1.88. The first-order valence-corrected chi connectivity index (χ1v) is 7.19. The largest absolute Gasteiger partial charge is 0.493 e. The zero-order chi connectivity index (χ0) is 13.2. The summed E-state index contributed by atoms with van der Waals surface area (Å²) >= 11 is 0. The molecule has 0 aliphatic carbocycles. The summed E-state index contributed by atoms with van der Waals surface area (Å²) in [6.07, 6.45) is 4.93. The first kappa shape index (κ1) is 12.3. The maximum Gasteiger partial charge on any atom is 0.127 e. The molecule has 0 spiro atoms.